The number of thiazole rings is 1. The number of benzene rings is 1. The molecule has 0 saturated carbocycles. The third-order valence-electron chi connectivity index (χ3n) is 2.32. The van der Waals surface area contributed by atoms with Gasteiger partial charge in [0.25, 0.3) is 0 Å². The molecule has 96 valence electrons. The lowest BCUT2D eigenvalue weighted by atomic mass is 10.1. The van der Waals surface area contributed by atoms with E-state index in [4.69, 9.17) is 5.73 Å². The molecule has 1 aromatic carbocycles. The number of alkyl halides is 3. The van der Waals surface area contributed by atoms with Crippen LogP contribution in [-0.4, -0.2) is 4.98 Å². The predicted octanol–water partition coefficient (Wildman–Crippen LogP) is 3.36. The van der Waals surface area contributed by atoms with Crippen molar-refractivity contribution in [1.82, 2.24) is 4.98 Å². The second-order valence-corrected chi connectivity index (χ2v) is 4.35. The van der Waals surface area contributed by atoms with E-state index in [0.717, 1.165) is 17.8 Å². The van der Waals surface area contributed by atoms with Gasteiger partial charge in [-0.05, 0) is 18.2 Å². The molecule has 18 heavy (non-hydrogen) atoms. The van der Waals surface area contributed by atoms with Crippen LogP contribution in [-0.2, 0) is 12.7 Å². The van der Waals surface area contributed by atoms with Crippen molar-refractivity contribution in [3.8, 4) is 0 Å². The largest absolute Gasteiger partial charge is 0.416 e. The highest BCUT2D eigenvalue weighted by Gasteiger charge is 2.30. The molecular formula is C11H10F3N3S. The summed E-state index contributed by atoms with van der Waals surface area (Å²) in [6, 6.07) is 3.24. The first-order chi connectivity index (χ1) is 8.47. The van der Waals surface area contributed by atoms with Gasteiger partial charge < -0.3 is 11.1 Å². The molecular weight excluding hydrogens is 263 g/mol. The molecule has 0 fully saturated rings. The number of hydrogen-bond donors (Lipinski definition) is 2. The van der Waals surface area contributed by atoms with Crippen molar-refractivity contribution >= 4 is 22.7 Å². The number of rotatable bonds is 3. The minimum absolute atomic E-state index is 0.0695. The lowest BCUT2D eigenvalue weighted by Crippen LogP contribution is -2.08. The van der Waals surface area contributed by atoms with Gasteiger partial charge in [0.05, 0.1) is 34.7 Å². The number of hydrogen-bond acceptors (Lipinski definition) is 4. The highest BCUT2D eigenvalue weighted by molar-refractivity contribution is 7.07. The Morgan fingerprint density at radius 3 is 2.67 bits per heavy atom. The first kappa shape index (κ1) is 12.7. The van der Waals surface area contributed by atoms with Crippen LogP contribution in [0.25, 0.3) is 0 Å². The van der Waals surface area contributed by atoms with Gasteiger partial charge in [0.15, 0.2) is 0 Å². The van der Waals surface area contributed by atoms with Gasteiger partial charge in [0, 0.05) is 5.38 Å². The lowest BCUT2D eigenvalue weighted by molar-refractivity contribution is -0.137. The minimum Gasteiger partial charge on any atom is -0.397 e. The predicted molar refractivity (Wildman–Crippen MR) is 65.3 cm³/mol. The molecule has 0 atom stereocenters. The first-order valence-electron chi connectivity index (χ1n) is 5.04. The topological polar surface area (TPSA) is 50.9 Å². The van der Waals surface area contributed by atoms with Crippen molar-refractivity contribution in [1.29, 1.82) is 0 Å². The standard InChI is InChI=1S/C11H10F3N3S/c12-11(13,14)7-1-2-10(9(15)3-7)16-4-8-5-18-6-17-8/h1-3,5-6,16H,4,15H2. The van der Waals surface area contributed by atoms with Crippen molar-refractivity contribution in [3.05, 3.63) is 40.3 Å². The molecule has 3 N–H and O–H groups in total. The fourth-order valence-electron chi connectivity index (χ4n) is 1.41. The van der Waals surface area contributed by atoms with Crippen LogP contribution < -0.4 is 11.1 Å². The van der Waals surface area contributed by atoms with Crippen molar-refractivity contribution in [2.24, 2.45) is 0 Å². The summed E-state index contributed by atoms with van der Waals surface area (Å²) in [5.74, 6) is 0. The van der Waals surface area contributed by atoms with Crippen LogP contribution >= 0.6 is 11.3 Å². The fourth-order valence-corrected chi connectivity index (χ4v) is 1.97. The van der Waals surface area contributed by atoms with Gasteiger partial charge in [-0.1, -0.05) is 0 Å². The first-order valence-corrected chi connectivity index (χ1v) is 5.99. The van der Waals surface area contributed by atoms with Crippen molar-refractivity contribution < 1.29 is 13.2 Å². The Morgan fingerprint density at radius 1 is 1.33 bits per heavy atom. The number of aromatic nitrogens is 1. The maximum Gasteiger partial charge on any atom is 0.416 e. The van der Waals surface area contributed by atoms with Crippen LogP contribution in [0.1, 0.15) is 11.3 Å². The maximum absolute atomic E-state index is 12.4. The molecule has 0 amide bonds. The van der Waals surface area contributed by atoms with Crippen molar-refractivity contribution in [2.75, 3.05) is 11.1 Å². The molecule has 0 aliphatic rings. The summed E-state index contributed by atoms with van der Waals surface area (Å²) >= 11 is 1.45. The third-order valence-corrected chi connectivity index (χ3v) is 2.96. The molecule has 0 bridgehead atoms. The number of nitrogens with one attached hydrogen (secondary N) is 1. The number of nitrogens with two attached hydrogens (primary N) is 1. The molecule has 0 aliphatic heterocycles. The molecule has 2 rings (SSSR count). The highest BCUT2D eigenvalue weighted by atomic mass is 32.1. The van der Waals surface area contributed by atoms with E-state index in [1.807, 2.05) is 5.38 Å². The molecule has 0 spiro atoms. The number of nitrogen functional groups attached to an aromatic ring is 1. The van der Waals surface area contributed by atoms with E-state index in [1.165, 1.54) is 17.4 Å². The van der Waals surface area contributed by atoms with Gasteiger partial charge in [-0.15, -0.1) is 11.3 Å². The van der Waals surface area contributed by atoms with E-state index >= 15 is 0 Å². The zero-order valence-corrected chi connectivity index (χ0v) is 9.98. The Morgan fingerprint density at radius 2 is 2.11 bits per heavy atom. The molecule has 0 saturated heterocycles. The summed E-state index contributed by atoms with van der Waals surface area (Å²) in [5.41, 5.74) is 7.87. The zero-order chi connectivity index (χ0) is 13.2. The maximum atomic E-state index is 12.4. The zero-order valence-electron chi connectivity index (χ0n) is 9.16. The monoisotopic (exact) mass is 273 g/mol. The van der Waals surface area contributed by atoms with Gasteiger partial charge in [0.1, 0.15) is 0 Å². The van der Waals surface area contributed by atoms with Crippen molar-refractivity contribution in [2.45, 2.75) is 12.7 Å². The molecule has 1 heterocycles. The van der Waals surface area contributed by atoms with Gasteiger partial charge >= 0.3 is 6.18 Å². The van der Waals surface area contributed by atoms with Crippen LogP contribution in [0.5, 0.6) is 0 Å². The van der Waals surface area contributed by atoms with Gasteiger partial charge in [-0.2, -0.15) is 13.2 Å². The van der Waals surface area contributed by atoms with Gasteiger partial charge in [0.2, 0.25) is 0 Å². The summed E-state index contributed by atoms with van der Waals surface area (Å²) in [6.07, 6.45) is -4.37. The summed E-state index contributed by atoms with van der Waals surface area (Å²) in [5, 5.41) is 4.80. The van der Waals surface area contributed by atoms with Crippen LogP contribution in [0.3, 0.4) is 0 Å². The Bertz CT molecular complexity index is 523. The van der Waals surface area contributed by atoms with E-state index in [1.54, 1.807) is 5.51 Å². The van der Waals surface area contributed by atoms with Crippen LogP contribution in [0, 0.1) is 0 Å². The molecule has 2 aromatic rings. The van der Waals surface area contributed by atoms with Crippen LogP contribution in [0.4, 0.5) is 24.5 Å². The fraction of sp³-hybridized carbons (Fsp3) is 0.182. The Labute approximate surface area is 105 Å². The van der Waals surface area contributed by atoms with Crippen LogP contribution in [0.15, 0.2) is 29.1 Å². The Balaban J connectivity index is 2.10. The normalized spacial score (nSPS) is 11.5. The van der Waals surface area contributed by atoms with Gasteiger partial charge in [-0.25, -0.2) is 4.98 Å². The Hall–Kier alpha value is -1.76. The molecule has 0 radical (unpaired) electrons. The van der Waals surface area contributed by atoms with Crippen LogP contribution in [0.2, 0.25) is 0 Å². The SMILES string of the molecule is Nc1cc(C(F)(F)F)ccc1NCc1cscn1. The van der Waals surface area contributed by atoms with Gasteiger partial charge in [-0.3, -0.25) is 0 Å². The molecule has 0 aliphatic carbocycles. The Kier molecular flexibility index (Phi) is 3.42. The average molecular weight is 273 g/mol. The van der Waals surface area contributed by atoms with E-state index in [2.05, 4.69) is 10.3 Å². The lowest BCUT2D eigenvalue weighted by Gasteiger charge is -2.11. The molecule has 0 unspecified atom stereocenters. The second-order valence-electron chi connectivity index (χ2n) is 3.63. The van der Waals surface area contributed by atoms with E-state index in [0.29, 0.717) is 12.2 Å². The minimum atomic E-state index is -4.37. The van der Waals surface area contributed by atoms with E-state index in [9.17, 15) is 13.2 Å². The summed E-state index contributed by atoms with van der Waals surface area (Å²) in [7, 11) is 0. The number of anilines is 2. The number of nitrogens with zero attached hydrogens (tertiary/aromatic N) is 1. The highest BCUT2D eigenvalue weighted by Crippen LogP contribution is 2.32. The summed E-state index contributed by atoms with van der Waals surface area (Å²) < 4.78 is 37.3. The molecule has 3 nitrogen and oxygen atoms in total. The third kappa shape index (κ3) is 2.92. The van der Waals surface area contributed by atoms with Crippen molar-refractivity contribution in [3.63, 3.8) is 0 Å². The summed E-state index contributed by atoms with van der Waals surface area (Å²) in [6.45, 7) is 0.430. The molecule has 7 heteroatoms. The molecule has 1 aromatic heterocycles. The summed E-state index contributed by atoms with van der Waals surface area (Å²) in [4.78, 5) is 4.05. The smallest absolute Gasteiger partial charge is 0.397 e. The quantitative estimate of drug-likeness (QED) is 0.843. The van der Waals surface area contributed by atoms with E-state index in [-0.39, 0.29) is 5.69 Å². The van der Waals surface area contributed by atoms with E-state index < -0.39 is 11.7 Å². The second kappa shape index (κ2) is 4.85. The number of halogens is 3. The average Bonchev–Trinajstić information content (AvgIpc) is 2.79.